The van der Waals surface area contributed by atoms with Gasteiger partial charge in [-0.2, -0.15) is 0 Å². The largest absolute Gasteiger partial charge is 0.341 e. The predicted molar refractivity (Wildman–Crippen MR) is 80.3 cm³/mol. The van der Waals surface area contributed by atoms with E-state index in [9.17, 15) is 4.79 Å². The van der Waals surface area contributed by atoms with E-state index in [0.717, 1.165) is 32.4 Å². The van der Waals surface area contributed by atoms with E-state index in [1.807, 2.05) is 0 Å². The van der Waals surface area contributed by atoms with Gasteiger partial charge in [-0.25, -0.2) is 0 Å². The Hall–Kier alpha value is -0.610. The van der Waals surface area contributed by atoms with Gasteiger partial charge in [-0.05, 0) is 51.1 Å². The summed E-state index contributed by atoms with van der Waals surface area (Å²) >= 11 is 0. The van der Waals surface area contributed by atoms with Crippen LogP contribution in [-0.2, 0) is 4.79 Å². The molecule has 2 aliphatic heterocycles. The van der Waals surface area contributed by atoms with Crippen molar-refractivity contribution in [1.82, 2.24) is 9.80 Å². The Morgan fingerprint density at radius 1 is 1.20 bits per heavy atom. The van der Waals surface area contributed by atoms with Crippen LogP contribution in [0.3, 0.4) is 0 Å². The molecule has 20 heavy (non-hydrogen) atoms. The molecule has 1 amide bonds. The van der Waals surface area contributed by atoms with Crippen LogP contribution in [-0.4, -0.2) is 54.5 Å². The van der Waals surface area contributed by atoms with Gasteiger partial charge in [0.05, 0.1) is 5.41 Å². The van der Waals surface area contributed by atoms with E-state index in [1.54, 1.807) is 0 Å². The Morgan fingerprint density at radius 3 is 2.50 bits per heavy atom. The summed E-state index contributed by atoms with van der Waals surface area (Å²) in [6, 6.07) is 0.603. The number of nitrogens with two attached hydrogens (primary N) is 1. The minimum Gasteiger partial charge on any atom is -0.341 e. The lowest BCUT2D eigenvalue weighted by atomic mass is 9.62. The standard InChI is InChI=1S/C16H29N3O/c1-13-9-16(10-13,12-17)15(20)19-8-5-14(11-19)18-6-3-2-4-7-18/h13-14H,2-12,17H2,1H3. The van der Waals surface area contributed by atoms with Crippen LogP contribution >= 0.6 is 0 Å². The molecule has 0 aromatic heterocycles. The van der Waals surface area contributed by atoms with Crippen LogP contribution in [0.5, 0.6) is 0 Å². The van der Waals surface area contributed by atoms with E-state index in [2.05, 4.69) is 16.7 Å². The summed E-state index contributed by atoms with van der Waals surface area (Å²) in [4.78, 5) is 17.5. The zero-order chi connectivity index (χ0) is 14.2. The third-order valence-electron chi connectivity index (χ3n) is 5.68. The summed E-state index contributed by atoms with van der Waals surface area (Å²) in [7, 11) is 0. The quantitative estimate of drug-likeness (QED) is 0.850. The lowest BCUT2D eigenvalue weighted by molar-refractivity contribution is -0.148. The lowest BCUT2D eigenvalue weighted by Gasteiger charge is -2.46. The van der Waals surface area contributed by atoms with Gasteiger partial charge in [0.25, 0.3) is 0 Å². The first-order valence-corrected chi connectivity index (χ1v) is 8.38. The maximum absolute atomic E-state index is 12.8. The van der Waals surface area contributed by atoms with Gasteiger partial charge in [0.2, 0.25) is 5.91 Å². The second kappa shape index (κ2) is 5.64. The van der Waals surface area contributed by atoms with Crippen molar-refractivity contribution in [2.45, 2.75) is 51.5 Å². The van der Waals surface area contributed by atoms with E-state index in [1.165, 1.54) is 32.4 Å². The maximum atomic E-state index is 12.8. The molecule has 1 aliphatic carbocycles. The molecule has 3 rings (SSSR count). The van der Waals surface area contributed by atoms with E-state index >= 15 is 0 Å². The molecule has 1 saturated carbocycles. The highest BCUT2D eigenvalue weighted by molar-refractivity contribution is 5.84. The van der Waals surface area contributed by atoms with Crippen LogP contribution in [0.15, 0.2) is 0 Å². The summed E-state index contributed by atoms with van der Waals surface area (Å²) in [5, 5.41) is 0. The van der Waals surface area contributed by atoms with E-state index in [0.29, 0.717) is 24.4 Å². The molecule has 4 nitrogen and oxygen atoms in total. The highest BCUT2D eigenvalue weighted by atomic mass is 16.2. The van der Waals surface area contributed by atoms with Crippen LogP contribution in [0.1, 0.15) is 45.4 Å². The molecule has 3 aliphatic rings. The Kier molecular flexibility index (Phi) is 4.04. The van der Waals surface area contributed by atoms with Crippen molar-refractivity contribution in [3.05, 3.63) is 0 Å². The second-order valence-electron chi connectivity index (χ2n) is 7.29. The average Bonchev–Trinajstić information content (AvgIpc) is 2.93. The molecule has 0 bridgehead atoms. The number of rotatable bonds is 3. The van der Waals surface area contributed by atoms with Crippen molar-refractivity contribution in [3.63, 3.8) is 0 Å². The predicted octanol–water partition coefficient (Wildman–Crippen LogP) is 1.45. The maximum Gasteiger partial charge on any atom is 0.230 e. The SMILES string of the molecule is CC1CC(CN)(C(=O)N2CCC(N3CCCCC3)C2)C1. The number of hydrogen-bond acceptors (Lipinski definition) is 3. The van der Waals surface area contributed by atoms with Gasteiger partial charge in [0.15, 0.2) is 0 Å². The fraction of sp³-hybridized carbons (Fsp3) is 0.938. The molecular weight excluding hydrogens is 250 g/mol. The van der Waals surface area contributed by atoms with Crippen molar-refractivity contribution in [2.75, 3.05) is 32.7 Å². The molecule has 3 fully saturated rings. The van der Waals surface area contributed by atoms with Gasteiger partial charge in [0.1, 0.15) is 0 Å². The van der Waals surface area contributed by atoms with E-state index in [-0.39, 0.29) is 5.41 Å². The number of piperidine rings is 1. The fourth-order valence-electron chi connectivity index (χ4n) is 4.55. The zero-order valence-corrected chi connectivity index (χ0v) is 12.8. The van der Waals surface area contributed by atoms with Crippen molar-refractivity contribution in [1.29, 1.82) is 0 Å². The normalized spacial score (nSPS) is 38.8. The fourth-order valence-corrected chi connectivity index (χ4v) is 4.55. The molecule has 2 heterocycles. The summed E-state index contributed by atoms with van der Waals surface area (Å²) in [5.41, 5.74) is 5.71. The molecule has 4 heteroatoms. The van der Waals surface area contributed by atoms with Crippen LogP contribution in [0.4, 0.5) is 0 Å². The minimum absolute atomic E-state index is 0.212. The third-order valence-corrected chi connectivity index (χ3v) is 5.68. The molecule has 0 aromatic rings. The summed E-state index contributed by atoms with van der Waals surface area (Å²) in [6.07, 6.45) is 7.17. The zero-order valence-electron chi connectivity index (χ0n) is 12.8. The Balaban J connectivity index is 1.57. The van der Waals surface area contributed by atoms with Crippen LogP contribution in [0.2, 0.25) is 0 Å². The van der Waals surface area contributed by atoms with Gasteiger partial charge in [0, 0.05) is 25.7 Å². The van der Waals surface area contributed by atoms with Crippen molar-refractivity contribution < 1.29 is 4.79 Å². The van der Waals surface area contributed by atoms with E-state index in [4.69, 9.17) is 5.73 Å². The molecule has 1 atom stereocenters. The summed E-state index contributed by atoms with van der Waals surface area (Å²) in [6.45, 7) is 7.09. The average molecular weight is 279 g/mol. The molecule has 0 aromatic carbocycles. The Labute approximate surface area is 122 Å². The molecule has 0 spiro atoms. The number of hydrogen-bond donors (Lipinski definition) is 1. The van der Waals surface area contributed by atoms with Gasteiger partial charge in [-0.3, -0.25) is 9.69 Å². The highest BCUT2D eigenvalue weighted by Crippen LogP contribution is 2.46. The van der Waals surface area contributed by atoms with Crippen LogP contribution < -0.4 is 5.73 Å². The summed E-state index contributed by atoms with van der Waals surface area (Å²) < 4.78 is 0. The molecule has 0 radical (unpaired) electrons. The smallest absolute Gasteiger partial charge is 0.230 e. The topological polar surface area (TPSA) is 49.6 Å². The van der Waals surface area contributed by atoms with Gasteiger partial charge < -0.3 is 10.6 Å². The first-order chi connectivity index (χ1) is 9.64. The third kappa shape index (κ3) is 2.48. The van der Waals surface area contributed by atoms with Crippen molar-refractivity contribution in [3.8, 4) is 0 Å². The number of carbonyl (C=O) groups excluding carboxylic acids is 1. The number of likely N-dealkylation sites (tertiary alicyclic amines) is 2. The Morgan fingerprint density at radius 2 is 1.90 bits per heavy atom. The number of amides is 1. The minimum atomic E-state index is -0.212. The van der Waals surface area contributed by atoms with Crippen molar-refractivity contribution >= 4 is 5.91 Å². The molecule has 1 unspecified atom stereocenters. The van der Waals surface area contributed by atoms with Crippen molar-refractivity contribution in [2.24, 2.45) is 17.1 Å². The van der Waals surface area contributed by atoms with Gasteiger partial charge >= 0.3 is 0 Å². The molecule has 2 N–H and O–H groups in total. The Bertz CT molecular complexity index is 359. The second-order valence-corrected chi connectivity index (χ2v) is 7.29. The molecule has 114 valence electrons. The number of nitrogens with zero attached hydrogens (tertiary/aromatic N) is 2. The first-order valence-electron chi connectivity index (χ1n) is 8.38. The van der Waals surface area contributed by atoms with Crippen LogP contribution in [0.25, 0.3) is 0 Å². The van der Waals surface area contributed by atoms with Gasteiger partial charge in [-0.15, -0.1) is 0 Å². The lowest BCUT2D eigenvalue weighted by Crippen LogP contribution is -2.54. The molecule has 2 saturated heterocycles. The molecular formula is C16H29N3O. The summed E-state index contributed by atoms with van der Waals surface area (Å²) in [5.74, 6) is 1.01. The highest BCUT2D eigenvalue weighted by Gasteiger charge is 2.50. The van der Waals surface area contributed by atoms with Gasteiger partial charge in [-0.1, -0.05) is 13.3 Å². The van der Waals surface area contributed by atoms with E-state index < -0.39 is 0 Å². The van der Waals surface area contributed by atoms with Crippen LogP contribution in [0, 0.1) is 11.3 Å². The monoisotopic (exact) mass is 279 g/mol. The first kappa shape index (κ1) is 14.3. The number of carbonyl (C=O) groups is 1.